The molecule has 1 fully saturated rings. The highest BCUT2D eigenvalue weighted by Gasteiger charge is 2.23. The fourth-order valence-corrected chi connectivity index (χ4v) is 2.48. The molecule has 1 aromatic rings. The minimum atomic E-state index is -0.199. The lowest BCUT2D eigenvalue weighted by molar-refractivity contribution is 0.372. The summed E-state index contributed by atoms with van der Waals surface area (Å²) in [7, 11) is 2.05. The van der Waals surface area contributed by atoms with E-state index < -0.39 is 0 Å². The molecule has 1 saturated carbocycles. The first kappa shape index (κ1) is 11.9. The Bertz CT molecular complexity index is 399. The summed E-state index contributed by atoms with van der Waals surface area (Å²) in [5.41, 5.74) is 1.05. The lowest BCUT2D eigenvalue weighted by Gasteiger charge is -2.34. The minimum absolute atomic E-state index is 0.199. The SMILES string of the molecule is CN(c1ccc(F)cc1)C1CCC(C#N)CC1. The summed E-state index contributed by atoms with van der Waals surface area (Å²) in [5, 5.41) is 8.86. The van der Waals surface area contributed by atoms with Gasteiger partial charge in [0.05, 0.1) is 6.07 Å². The highest BCUT2D eigenvalue weighted by molar-refractivity contribution is 5.46. The molecule has 0 aromatic heterocycles. The van der Waals surface area contributed by atoms with Gasteiger partial charge in [-0.3, -0.25) is 0 Å². The van der Waals surface area contributed by atoms with Crippen LogP contribution in [-0.2, 0) is 0 Å². The monoisotopic (exact) mass is 232 g/mol. The van der Waals surface area contributed by atoms with E-state index in [9.17, 15) is 4.39 Å². The van der Waals surface area contributed by atoms with Crippen LogP contribution in [0, 0.1) is 23.1 Å². The van der Waals surface area contributed by atoms with Crippen molar-refractivity contribution in [2.45, 2.75) is 31.7 Å². The second-order valence-electron chi connectivity index (χ2n) is 4.72. The Hall–Kier alpha value is -1.56. The molecule has 0 bridgehead atoms. The van der Waals surface area contributed by atoms with Gasteiger partial charge in [0, 0.05) is 24.7 Å². The van der Waals surface area contributed by atoms with Crippen molar-refractivity contribution in [3.8, 4) is 6.07 Å². The molecule has 0 spiro atoms. The summed E-state index contributed by atoms with van der Waals surface area (Å²) in [6, 6.07) is 9.43. The summed E-state index contributed by atoms with van der Waals surface area (Å²) in [5.74, 6) is 0.0307. The van der Waals surface area contributed by atoms with Crippen LogP contribution in [0.25, 0.3) is 0 Å². The molecule has 17 heavy (non-hydrogen) atoms. The summed E-state index contributed by atoms with van der Waals surface area (Å²) in [4.78, 5) is 2.20. The summed E-state index contributed by atoms with van der Waals surface area (Å²) >= 11 is 0. The average molecular weight is 232 g/mol. The quantitative estimate of drug-likeness (QED) is 0.782. The maximum atomic E-state index is 12.8. The second kappa shape index (κ2) is 5.18. The summed E-state index contributed by atoms with van der Waals surface area (Å²) < 4.78 is 12.8. The number of anilines is 1. The van der Waals surface area contributed by atoms with Crippen molar-refractivity contribution < 1.29 is 4.39 Å². The predicted molar refractivity (Wildman–Crippen MR) is 66.2 cm³/mol. The molecule has 1 aliphatic carbocycles. The molecular formula is C14H17FN2. The molecule has 0 aliphatic heterocycles. The van der Waals surface area contributed by atoms with Crippen LogP contribution in [0.1, 0.15) is 25.7 Å². The Kier molecular flexibility index (Phi) is 3.63. The number of rotatable bonds is 2. The molecule has 0 amide bonds. The molecule has 1 aliphatic rings. The third-order valence-electron chi connectivity index (χ3n) is 3.66. The van der Waals surface area contributed by atoms with Crippen LogP contribution in [0.4, 0.5) is 10.1 Å². The standard InChI is InChI=1S/C14H17FN2/c1-17(14-8-4-12(15)5-9-14)13-6-2-11(10-16)3-7-13/h4-5,8-9,11,13H,2-3,6-7H2,1H3. The zero-order valence-corrected chi connectivity index (χ0v) is 10.1. The van der Waals surface area contributed by atoms with Crippen LogP contribution in [0.15, 0.2) is 24.3 Å². The van der Waals surface area contributed by atoms with E-state index in [1.165, 1.54) is 12.1 Å². The third kappa shape index (κ3) is 2.76. The largest absolute Gasteiger partial charge is 0.372 e. The average Bonchev–Trinajstić information content (AvgIpc) is 2.39. The van der Waals surface area contributed by atoms with Gasteiger partial charge in [0.15, 0.2) is 0 Å². The number of nitrogens with zero attached hydrogens (tertiary/aromatic N) is 2. The van der Waals surface area contributed by atoms with Gasteiger partial charge < -0.3 is 4.90 Å². The predicted octanol–water partition coefficient (Wildman–Crippen LogP) is 3.34. The number of nitriles is 1. The molecule has 2 nitrogen and oxygen atoms in total. The van der Waals surface area contributed by atoms with Gasteiger partial charge >= 0.3 is 0 Å². The first-order chi connectivity index (χ1) is 8.20. The van der Waals surface area contributed by atoms with Gasteiger partial charge in [0.25, 0.3) is 0 Å². The van der Waals surface area contributed by atoms with Crippen LogP contribution >= 0.6 is 0 Å². The smallest absolute Gasteiger partial charge is 0.123 e. The molecule has 0 saturated heterocycles. The van der Waals surface area contributed by atoms with Crippen molar-refractivity contribution in [1.82, 2.24) is 0 Å². The van der Waals surface area contributed by atoms with E-state index in [0.717, 1.165) is 31.4 Å². The molecule has 90 valence electrons. The van der Waals surface area contributed by atoms with Crippen molar-refractivity contribution in [3.05, 3.63) is 30.1 Å². The second-order valence-corrected chi connectivity index (χ2v) is 4.72. The van der Waals surface area contributed by atoms with E-state index in [1.807, 2.05) is 19.2 Å². The fourth-order valence-electron chi connectivity index (χ4n) is 2.48. The van der Waals surface area contributed by atoms with E-state index in [2.05, 4.69) is 11.0 Å². The van der Waals surface area contributed by atoms with Gasteiger partial charge in [-0.2, -0.15) is 5.26 Å². The van der Waals surface area contributed by atoms with Gasteiger partial charge in [0.1, 0.15) is 5.82 Å². The molecular weight excluding hydrogens is 215 g/mol. The topological polar surface area (TPSA) is 27.0 Å². The molecule has 1 aromatic carbocycles. The fraction of sp³-hybridized carbons (Fsp3) is 0.500. The summed E-state index contributed by atoms with van der Waals surface area (Å²) in [6.45, 7) is 0. The number of halogens is 1. The van der Waals surface area contributed by atoms with Crippen LogP contribution in [0.2, 0.25) is 0 Å². The first-order valence-electron chi connectivity index (χ1n) is 6.08. The van der Waals surface area contributed by atoms with E-state index in [0.29, 0.717) is 6.04 Å². The third-order valence-corrected chi connectivity index (χ3v) is 3.66. The molecule has 0 unspecified atom stereocenters. The van der Waals surface area contributed by atoms with E-state index in [1.54, 1.807) is 0 Å². The molecule has 0 heterocycles. The highest BCUT2D eigenvalue weighted by atomic mass is 19.1. The zero-order valence-electron chi connectivity index (χ0n) is 10.1. The number of hydrogen-bond acceptors (Lipinski definition) is 2. The summed E-state index contributed by atoms with van der Waals surface area (Å²) in [6.07, 6.45) is 4.05. The molecule has 3 heteroatoms. The van der Waals surface area contributed by atoms with Crippen molar-refractivity contribution >= 4 is 5.69 Å². The molecule has 0 radical (unpaired) electrons. The lowest BCUT2D eigenvalue weighted by Crippen LogP contribution is -2.34. The Morgan fingerprint density at radius 3 is 2.29 bits per heavy atom. The Morgan fingerprint density at radius 2 is 1.76 bits per heavy atom. The zero-order chi connectivity index (χ0) is 12.3. The van der Waals surface area contributed by atoms with Gasteiger partial charge in [-0.05, 0) is 49.9 Å². The first-order valence-corrected chi connectivity index (χ1v) is 6.08. The van der Waals surface area contributed by atoms with Crippen LogP contribution in [-0.4, -0.2) is 13.1 Å². The van der Waals surface area contributed by atoms with Crippen LogP contribution in [0.3, 0.4) is 0 Å². The van der Waals surface area contributed by atoms with Crippen molar-refractivity contribution in [3.63, 3.8) is 0 Å². The lowest BCUT2D eigenvalue weighted by atomic mass is 9.86. The minimum Gasteiger partial charge on any atom is -0.372 e. The molecule has 2 rings (SSSR count). The maximum Gasteiger partial charge on any atom is 0.123 e. The normalized spacial score (nSPS) is 24.1. The van der Waals surface area contributed by atoms with Gasteiger partial charge in [-0.15, -0.1) is 0 Å². The van der Waals surface area contributed by atoms with Crippen LogP contribution < -0.4 is 4.90 Å². The van der Waals surface area contributed by atoms with Gasteiger partial charge in [-0.1, -0.05) is 0 Å². The van der Waals surface area contributed by atoms with E-state index in [4.69, 9.17) is 5.26 Å². The number of benzene rings is 1. The number of hydrogen-bond donors (Lipinski definition) is 0. The van der Waals surface area contributed by atoms with Crippen molar-refractivity contribution in [2.75, 3.05) is 11.9 Å². The molecule has 0 N–H and O–H groups in total. The Balaban J connectivity index is 1.99. The van der Waals surface area contributed by atoms with Crippen molar-refractivity contribution in [2.24, 2.45) is 5.92 Å². The van der Waals surface area contributed by atoms with E-state index in [-0.39, 0.29) is 11.7 Å². The Labute approximate surface area is 102 Å². The van der Waals surface area contributed by atoms with Gasteiger partial charge in [-0.25, -0.2) is 4.39 Å². The molecule has 0 atom stereocenters. The van der Waals surface area contributed by atoms with Crippen molar-refractivity contribution in [1.29, 1.82) is 5.26 Å². The highest BCUT2D eigenvalue weighted by Crippen LogP contribution is 2.29. The van der Waals surface area contributed by atoms with Crippen LogP contribution in [0.5, 0.6) is 0 Å². The Morgan fingerprint density at radius 1 is 1.18 bits per heavy atom. The van der Waals surface area contributed by atoms with Gasteiger partial charge in [0.2, 0.25) is 0 Å². The van der Waals surface area contributed by atoms with E-state index >= 15 is 0 Å². The maximum absolute atomic E-state index is 12.8.